The fraction of sp³-hybridized carbons (Fsp3) is 0.429. The number of piperidine rings is 3. The number of pyridine rings is 2. The number of fused-ring (bicyclic) bond motifs is 2. The maximum Gasteiger partial charge on any atom is 0.323 e. The van der Waals surface area contributed by atoms with Crippen LogP contribution >= 0.6 is 0 Å². The van der Waals surface area contributed by atoms with Gasteiger partial charge in [-0.25, -0.2) is 27.9 Å². The first-order valence-electron chi connectivity index (χ1n) is 23.7. The number of ketones is 1. The van der Waals surface area contributed by atoms with Gasteiger partial charge in [-0.1, -0.05) is 12.1 Å². The fourth-order valence-corrected chi connectivity index (χ4v) is 11.9. The Morgan fingerprint density at radius 1 is 0.855 bits per heavy atom. The predicted molar refractivity (Wildman–Crippen MR) is 253 cm³/mol. The van der Waals surface area contributed by atoms with Crippen molar-refractivity contribution in [2.45, 2.75) is 75.9 Å². The molecule has 2 atom stereocenters. The van der Waals surface area contributed by atoms with Gasteiger partial charge in [0.2, 0.25) is 17.6 Å². The van der Waals surface area contributed by atoms with Crippen LogP contribution in [-0.4, -0.2) is 121 Å². The van der Waals surface area contributed by atoms with Crippen LogP contribution in [0.4, 0.5) is 35.2 Å². The van der Waals surface area contributed by atoms with Crippen LogP contribution in [0.2, 0.25) is 0 Å². The molecule has 362 valence electrons. The molecule has 0 bridgehead atoms. The number of anilines is 3. The van der Waals surface area contributed by atoms with Crippen molar-refractivity contribution in [2.75, 3.05) is 66.9 Å². The van der Waals surface area contributed by atoms with Crippen LogP contribution in [0.5, 0.6) is 0 Å². The molecule has 5 aliphatic rings. The Hall–Kier alpha value is -6.38. The Balaban J connectivity index is 0.730. The van der Waals surface area contributed by atoms with Crippen LogP contribution in [0, 0.1) is 17.6 Å². The summed E-state index contributed by atoms with van der Waals surface area (Å²) >= 11 is 0. The number of carbonyl (C=O) groups is 4. The average molecular weight is 967 g/mol. The smallest absolute Gasteiger partial charge is 0.323 e. The van der Waals surface area contributed by atoms with Crippen LogP contribution in [0.15, 0.2) is 67.1 Å². The molecule has 0 aliphatic carbocycles. The van der Waals surface area contributed by atoms with E-state index >= 15 is 8.78 Å². The summed E-state index contributed by atoms with van der Waals surface area (Å²) in [5, 5.41) is 5.45. The number of aromatic amines is 1. The summed E-state index contributed by atoms with van der Waals surface area (Å²) in [6, 6.07) is 12.5. The maximum absolute atomic E-state index is 15.8. The van der Waals surface area contributed by atoms with Crippen molar-refractivity contribution in [2.24, 2.45) is 5.92 Å². The molecule has 4 amide bonds. The molecule has 2 aromatic carbocycles. The number of nitrogens with zero attached hydrogens (tertiary/aromatic N) is 6. The van der Waals surface area contributed by atoms with E-state index in [1.807, 2.05) is 16.9 Å². The number of nitrogens with one attached hydrogen (secondary N) is 4. The fourth-order valence-electron chi connectivity index (χ4n) is 10.6. The first-order chi connectivity index (χ1) is 33.3. The van der Waals surface area contributed by atoms with Crippen molar-refractivity contribution < 1.29 is 40.8 Å². The van der Waals surface area contributed by atoms with Crippen molar-refractivity contribution >= 4 is 62.1 Å². The highest BCUT2D eigenvalue weighted by atomic mass is 32.2. The number of halogens is 3. The molecule has 0 radical (unpaired) electrons. The number of carbonyl (C=O) groups excluding carboxylic acids is 4. The van der Waals surface area contributed by atoms with Gasteiger partial charge in [0.1, 0.15) is 29.5 Å². The topological polar surface area (TPSA) is 193 Å². The second-order valence-electron chi connectivity index (χ2n) is 18.7. The number of aromatic nitrogens is 3. The third-order valence-corrected chi connectivity index (χ3v) is 15.9. The highest BCUT2D eigenvalue weighted by molar-refractivity contribution is 7.90. The minimum Gasteiger partial charge on any atom is -0.372 e. The van der Waals surface area contributed by atoms with Crippen LogP contribution in [-0.2, 0) is 26.2 Å². The Morgan fingerprint density at radius 2 is 1.64 bits per heavy atom. The summed E-state index contributed by atoms with van der Waals surface area (Å²) in [5.74, 6) is -2.74. The molecule has 0 spiro atoms. The zero-order valence-corrected chi connectivity index (χ0v) is 38.7. The number of rotatable bonds is 11. The molecular formula is C49H53F3N10O6S. The summed E-state index contributed by atoms with van der Waals surface area (Å²) in [5.41, 5.74) is 3.70. The Morgan fingerprint density at radius 3 is 2.38 bits per heavy atom. The number of amides is 4. The highest BCUT2D eigenvalue weighted by Crippen LogP contribution is 2.38. The van der Waals surface area contributed by atoms with Gasteiger partial charge in [-0.15, -0.1) is 0 Å². The van der Waals surface area contributed by atoms with E-state index in [2.05, 4.69) is 53.6 Å². The minimum absolute atomic E-state index is 0.00315. The van der Waals surface area contributed by atoms with Gasteiger partial charge >= 0.3 is 16.2 Å². The summed E-state index contributed by atoms with van der Waals surface area (Å²) in [6.07, 6.45) is 9.71. The van der Waals surface area contributed by atoms with E-state index in [1.54, 1.807) is 23.4 Å². The van der Waals surface area contributed by atoms with Crippen LogP contribution in [0.3, 0.4) is 0 Å². The minimum atomic E-state index is -4.36. The van der Waals surface area contributed by atoms with E-state index < -0.39 is 57.0 Å². The van der Waals surface area contributed by atoms with Gasteiger partial charge < -0.3 is 20.1 Å². The number of likely N-dealkylation sites (tertiary alicyclic amines) is 1. The molecule has 20 heteroatoms. The zero-order valence-electron chi connectivity index (χ0n) is 37.9. The number of imide groups is 1. The number of H-pyrrole nitrogens is 1. The molecule has 69 heavy (non-hydrogen) atoms. The summed E-state index contributed by atoms with van der Waals surface area (Å²) in [7, 11) is -4.36. The van der Waals surface area contributed by atoms with Gasteiger partial charge in [-0.2, -0.15) is 12.7 Å². The van der Waals surface area contributed by atoms with Crippen molar-refractivity contribution in [3.63, 3.8) is 0 Å². The van der Waals surface area contributed by atoms with Crippen molar-refractivity contribution in [3.8, 4) is 11.1 Å². The van der Waals surface area contributed by atoms with Gasteiger partial charge in [-0.3, -0.25) is 29.3 Å². The third-order valence-electron chi connectivity index (χ3n) is 14.4. The second-order valence-corrected chi connectivity index (χ2v) is 20.4. The molecule has 4 saturated heterocycles. The molecule has 4 N–H and O–H groups in total. The normalized spacial score (nSPS) is 21.1. The number of urea groups is 1. The summed E-state index contributed by atoms with van der Waals surface area (Å²) < 4.78 is 73.2. The van der Waals surface area contributed by atoms with E-state index in [0.717, 1.165) is 105 Å². The quantitative estimate of drug-likeness (QED) is 0.0876. The van der Waals surface area contributed by atoms with Crippen LogP contribution in [0.25, 0.3) is 22.2 Å². The van der Waals surface area contributed by atoms with Crippen molar-refractivity contribution in [3.05, 3.63) is 101 Å². The van der Waals surface area contributed by atoms with Gasteiger partial charge in [0, 0.05) is 86.5 Å². The third kappa shape index (κ3) is 9.53. The first-order valence-corrected chi connectivity index (χ1v) is 25.1. The van der Waals surface area contributed by atoms with E-state index in [0.29, 0.717) is 40.8 Å². The van der Waals surface area contributed by atoms with Crippen molar-refractivity contribution in [1.82, 2.24) is 34.8 Å². The molecule has 4 fully saturated rings. The Labute approximate surface area is 397 Å². The molecule has 16 nitrogen and oxygen atoms in total. The highest BCUT2D eigenvalue weighted by Gasteiger charge is 2.36. The van der Waals surface area contributed by atoms with E-state index in [9.17, 15) is 32.0 Å². The molecule has 5 aliphatic heterocycles. The van der Waals surface area contributed by atoms with Crippen LogP contribution in [0.1, 0.15) is 84.3 Å². The lowest BCUT2D eigenvalue weighted by atomic mass is 9.84. The molecule has 0 unspecified atom stereocenters. The molecule has 0 saturated carbocycles. The largest absolute Gasteiger partial charge is 0.372 e. The second kappa shape index (κ2) is 19.2. The zero-order chi connectivity index (χ0) is 48.0. The number of benzene rings is 2. The SMILES string of the molecule is O=C1CC[C@@H](NC(=O)N2CCCc3c(C4CCN(CC5CCN(c6ccc(-c7cnc8[nH]cc(C(=O)c9c(F)ccc(NS(=O)(=O)N%10CC[C@@H](F)C%10)c9F)c8c7)cc6)CC5)CC4)ccnc32)C(=O)N1. The lowest BCUT2D eigenvalue weighted by Crippen LogP contribution is -2.55. The standard InChI is InChI=1S/C49H53F3N10O6S/c50-33-16-23-61(28-33)69(67,68)58-40-8-7-39(51)43(44(40)52)45(64)38-26-55-46-37(38)24-32(25-54-46)30-3-5-34(6-4-30)60-21-12-29(13-22-60)27-59-19-14-31(15-20-59)35-11-17-53-47-36(35)2-1-18-62(47)49(66)56-41-9-10-42(63)57-48(41)65/h3-8,11,17,24-26,29,31,33,41,58H,1-2,9-10,12-16,18-23,27-28H2,(H,54,55)(H,56,66)(H,57,63,65)/t33-,41-/m1/s1. The maximum atomic E-state index is 15.8. The van der Waals surface area contributed by atoms with Gasteiger partial charge in [-0.05, 0) is 129 Å². The monoisotopic (exact) mass is 966 g/mol. The molecule has 5 aromatic rings. The molecule has 10 rings (SSSR count). The molecule has 8 heterocycles. The van der Waals surface area contributed by atoms with Crippen LogP contribution < -0.4 is 25.2 Å². The lowest BCUT2D eigenvalue weighted by molar-refractivity contribution is -0.134. The number of hydrogen-bond acceptors (Lipinski definition) is 10. The summed E-state index contributed by atoms with van der Waals surface area (Å²) in [6.45, 7) is 4.91. The van der Waals surface area contributed by atoms with Gasteiger partial charge in [0.25, 0.3) is 0 Å². The number of hydrogen-bond donors (Lipinski definition) is 4. The lowest BCUT2D eigenvalue weighted by Gasteiger charge is -2.39. The van der Waals surface area contributed by atoms with E-state index in [1.165, 1.54) is 11.8 Å². The predicted octanol–water partition coefficient (Wildman–Crippen LogP) is 6.20. The van der Waals surface area contributed by atoms with Gasteiger partial charge in [0.05, 0.1) is 11.3 Å². The van der Waals surface area contributed by atoms with Crippen molar-refractivity contribution in [1.29, 1.82) is 0 Å². The summed E-state index contributed by atoms with van der Waals surface area (Å²) in [4.78, 5) is 69.7. The first kappa shape index (κ1) is 46.4. The van der Waals surface area contributed by atoms with Gasteiger partial charge in [0.15, 0.2) is 5.82 Å². The molecule has 3 aromatic heterocycles. The molecular weight excluding hydrogens is 914 g/mol. The van der Waals surface area contributed by atoms with E-state index in [-0.39, 0.29) is 49.9 Å². The average Bonchev–Trinajstić information content (AvgIpc) is 4.00. The Bertz CT molecular complexity index is 2920. The van der Waals surface area contributed by atoms with E-state index in [4.69, 9.17) is 0 Å². The number of alkyl halides is 1. The Kier molecular flexibility index (Phi) is 12.9.